The fourth-order valence-corrected chi connectivity index (χ4v) is 2.55. The summed E-state index contributed by atoms with van der Waals surface area (Å²) >= 11 is 0. The monoisotopic (exact) mass is 382 g/mol. The number of carbonyl (C=O) groups excluding carboxylic acids is 1. The molecule has 0 aliphatic rings. The number of aromatic nitrogens is 2. The van der Waals surface area contributed by atoms with E-state index in [1.54, 1.807) is 20.3 Å². The highest BCUT2D eigenvalue weighted by atomic mass is 16.5. The van der Waals surface area contributed by atoms with Crippen molar-refractivity contribution in [3.8, 4) is 11.5 Å². The molecule has 0 saturated heterocycles. The number of ether oxygens (including phenoxy) is 3. The van der Waals surface area contributed by atoms with Crippen LogP contribution in [0.2, 0.25) is 0 Å². The minimum Gasteiger partial charge on any atom is -0.497 e. The predicted octanol–water partition coefficient (Wildman–Crippen LogP) is 3.67. The SMILES string of the molecule is COCC(=O)n1nc(Nc2ccc(OC)cc2)cc1Nc1ccc(OC)cc1. The molecule has 0 unspecified atom stereocenters. The molecule has 1 heterocycles. The Labute approximate surface area is 163 Å². The van der Waals surface area contributed by atoms with Crippen LogP contribution in [0.1, 0.15) is 4.79 Å². The Balaban J connectivity index is 1.84. The van der Waals surface area contributed by atoms with Gasteiger partial charge in [0.2, 0.25) is 0 Å². The normalized spacial score (nSPS) is 10.4. The lowest BCUT2D eigenvalue weighted by atomic mass is 10.3. The number of rotatable bonds is 8. The highest BCUT2D eigenvalue weighted by Crippen LogP contribution is 2.25. The number of methoxy groups -OCH3 is 3. The van der Waals surface area contributed by atoms with E-state index >= 15 is 0 Å². The molecule has 0 saturated carbocycles. The van der Waals surface area contributed by atoms with Crippen molar-refractivity contribution >= 4 is 28.9 Å². The van der Waals surface area contributed by atoms with Gasteiger partial charge in [0.15, 0.2) is 5.82 Å². The van der Waals surface area contributed by atoms with Crippen molar-refractivity contribution in [1.29, 1.82) is 0 Å². The molecule has 8 nitrogen and oxygen atoms in total. The van der Waals surface area contributed by atoms with E-state index in [1.165, 1.54) is 11.8 Å². The molecule has 0 amide bonds. The number of carbonyl (C=O) groups is 1. The number of benzene rings is 2. The Bertz CT molecular complexity index is 920. The lowest BCUT2D eigenvalue weighted by molar-refractivity contribution is 0.0748. The molecule has 3 rings (SSSR count). The summed E-state index contributed by atoms with van der Waals surface area (Å²) in [5.74, 6) is 2.25. The van der Waals surface area contributed by atoms with E-state index in [0.717, 1.165) is 22.9 Å². The molecule has 0 spiro atoms. The Morgan fingerprint density at radius 3 is 1.93 bits per heavy atom. The van der Waals surface area contributed by atoms with Gasteiger partial charge in [-0.1, -0.05) is 0 Å². The van der Waals surface area contributed by atoms with Gasteiger partial charge in [0.05, 0.1) is 14.2 Å². The lowest BCUT2D eigenvalue weighted by Gasteiger charge is -2.08. The zero-order chi connectivity index (χ0) is 19.9. The molecule has 0 radical (unpaired) electrons. The zero-order valence-electron chi connectivity index (χ0n) is 15.9. The van der Waals surface area contributed by atoms with E-state index in [1.807, 2.05) is 48.5 Å². The molecule has 3 aromatic rings. The molecule has 28 heavy (non-hydrogen) atoms. The number of nitrogens with one attached hydrogen (secondary N) is 2. The number of nitrogens with zero attached hydrogens (tertiary/aromatic N) is 2. The quantitative estimate of drug-likeness (QED) is 0.615. The van der Waals surface area contributed by atoms with Gasteiger partial charge in [-0.25, -0.2) is 0 Å². The van der Waals surface area contributed by atoms with E-state index in [0.29, 0.717) is 11.6 Å². The van der Waals surface area contributed by atoms with Crippen molar-refractivity contribution in [2.45, 2.75) is 0 Å². The summed E-state index contributed by atoms with van der Waals surface area (Å²) in [5.41, 5.74) is 1.61. The largest absolute Gasteiger partial charge is 0.497 e. The molecule has 0 fully saturated rings. The van der Waals surface area contributed by atoms with Gasteiger partial charge >= 0.3 is 0 Å². The fraction of sp³-hybridized carbons (Fsp3) is 0.200. The summed E-state index contributed by atoms with van der Waals surface area (Å²) in [6.45, 7) is -0.0824. The summed E-state index contributed by atoms with van der Waals surface area (Å²) in [7, 11) is 4.69. The Hall–Kier alpha value is -3.52. The van der Waals surface area contributed by atoms with E-state index < -0.39 is 0 Å². The van der Waals surface area contributed by atoms with Gasteiger partial charge < -0.3 is 24.8 Å². The van der Waals surface area contributed by atoms with E-state index in [2.05, 4.69) is 15.7 Å². The molecule has 0 bridgehead atoms. The van der Waals surface area contributed by atoms with Crippen LogP contribution in [0.3, 0.4) is 0 Å². The topological polar surface area (TPSA) is 86.6 Å². The smallest absolute Gasteiger partial charge is 0.274 e. The first-order chi connectivity index (χ1) is 13.6. The highest BCUT2D eigenvalue weighted by Gasteiger charge is 2.15. The summed E-state index contributed by atoms with van der Waals surface area (Å²) in [5, 5.41) is 10.7. The third-order valence-electron chi connectivity index (χ3n) is 3.94. The number of hydrogen-bond acceptors (Lipinski definition) is 7. The zero-order valence-corrected chi connectivity index (χ0v) is 15.9. The van der Waals surface area contributed by atoms with Crippen LogP contribution in [0.5, 0.6) is 11.5 Å². The second kappa shape index (κ2) is 8.92. The van der Waals surface area contributed by atoms with Crippen LogP contribution in [-0.2, 0) is 4.74 Å². The van der Waals surface area contributed by atoms with Crippen LogP contribution in [0.4, 0.5) is 23.0 Å². The third kappa shape index (κ3) is 4.60. The second-order valence-corrected chi connectivity index (χ2v) is 5.86. The van der Waals surface area contributed by atoms with Gasteiger partial charge in [0.25, 0.3) is 5.91 Å². The number of anilines is 4. The summed E-state index contributed by atoms with van der Waals surface area (Å²) < 4.78 is 16.6. The van der Waals surface area contributed by atoms with Gasteiger partial charge in [0.1, 0.15) is 23.9 Å². The van der Waals surface area contributed by atoms with Crippen LogP contribution in [0, 0.1) is 0 Å². The molecule has 2 aromatic carbocycles. The standard InChI is InChI=1S/C20H22N4O4/c1-26-13-20(25)24-19(22-15-6-10-17(28-3)11-7-15)12-18(23-24)21-14-4-8-16(27-2)9-5-14/h4-12,22H,13H2,1-3H3,(H,21,23). The van der Waals surface area contributed by atoms with Crippen LogP contribution in [0.25, 0.3) is 0 Å². The maximum atomic E-state index is 12.4. The van der Waals surface area contributed by atoms with Crippen molar-refractivity contribution in [2.24, 2.45) is 0 Å². The average molecular weight is 382 g/mol. The van der Waals surface area contributed by atoms with Crippen LogP contribution < -0.4 is 20.1 Å². The lowest BCUT2D eigenvalue weighted by Crippen LogP contribution is -2.19. The molecular weight excluding hydrogens is 360 g/mol. The molecule has 0 aliphatic heterocycles. The first kappa shape index (κ1) is 19.2. The molecule has 1 aromatic heterocycles. The molecule has 146 valence electrons. The molecule has 8 heteroatoms. The Kier molecular flexibility index (Phi) is 6.13. The van der Waals surface area contributed by atoms with Gasteiger partial charge in [-0.15, -0.1) is 5.10 Å². The van der Waals surface area contributed by atoms with E-state index in [9.17, 15) is 4.79 Å². The van der Waals surface area contributed by atoms with Crippen molar-refractivity contribution in [3.05, 3.63) is 54.6 Å². The summed E-state index contributed by atoms with van der Waals surface area (Å²) in [6, 6.07) is 16.5. The maximum Gasteiger partial charge on any atom is 0.274 e. The fourth-order valence-electron chi connectivity index (χ4n) is 2.55. The van der Waals surface area contributed by atoms with Crippen molar-refractivity contribution < 1.29 is 19.0 Å². The van der Waals surface area contributed by atoms with Gasteiger partial charge in [-0.3, -0.25) is 4.79 Å². The van der Waals surface area contributed by atoms with Crippen LogP contribution in [-0.4, -0.2) is 43.6 Å². The summed E-state index contributed by atoms with van der Waals surface area (Å²) in [4.78, 5) is 12.4. The van der Waals surface area contributed by atoms with Crippen LogP contribution >= 0.6 is 0 Å². The van der Waals surface area contributed by atoms with Crippen LogP contribution in [0.15, 0.2) is 54.6 Å². The minimum absolute atomic E-state index is 0.0824. The Morgan fingerprint density at radius 2 is 1.43 bits per heavy atom. The minimum atomic E-state index is -0.290. The van der Waals surface area contributed by atoms with Crippen molar-refractivity contribution in [3.63, 3.8) is 0 Å². The molecular formula is C20H22N4O4. The first-order valence-corrected chi connectivity index (χ1v) is 8.57. The first-order valence-electron chi connectivity index (χ1n) is 8.57. The maximum absolute atomic E-state index is 12.4. The van der Waals surface area contributed by atoms with Gasteiger partial charge in [-0.2, -0.15) is 4.68 Å². The predicted molar refractivity (Wildman–Crippen MR) is 107 cm³/mol. The second-order valence-electron chi connectivity index (χ2n) is 5.86. The number of hydrogen-bond donors (Lipinski definition) is 2. The summed E-state index contributed by atoms with van der Waals surface area (Å²) in [6.07, 6.45) is 0. The van der Waals surface area contributed by atoms with Gasteiger partial charge in [-0.05, 0) is 48.5 Å². The highest BCUT2D eigenvalue weighted by molar-refractivity contribution is 5.84. The van der Waals surface area contributed by atoms with Crippen molar-refractivity contribution in [1.82, 2.24) is 9.78 Å². The average Bonchev–Trinajstić information content (AvgIpc) is 3.11. The van der Waals surface area contributed by atoms with Crippen molar-refractivity contribution in [2.75, 3.05) is 38.6 Å². The molecule has 0 aliphatic carbocycles. The molecule has 0 atom stereocenters. The van der Waals surface area contributed by atoms with E-state index in [4.69, 9.17) is 14.2 Å². The van der Waals surface area contributed by atoms with E-state index in [-0.39, 0.29) is 12.5 Å². The molecule has 2 N–H and O–H groups in total. The third-order valence-corrected chi connectivity index (χ3v) is 3.94. The Morgan fingerprint density at radius 1 is 0.893 bits per heavy atom. The van der Waals surface area contributed by atoms with Gasteiger partial charge in [0, 0.05) is 24.6 Å².